The molecule has 0 radical (unpaired) electrons. The summed E-state index contributed by atoms with van der Waals surface area (Å²) in [6.45, 7) is 7.12. The Hall–Kier alpha value is -3.07. The van der Waals surface area contributed by atoms with E-state index >= 15 is 0 Å². The zero-order valence-corrected chi connectivity index (χ0v) is 22.3. The lowest BCUT2D eigenvalue weighted by Gasteiger charge is -2.36. The number of pyridine rings is 1. The maximum Gasteiger partial charge on any atom is 0.260 e. The number of aromatic nitrogens is 1. The molecule has 3 aromatic rings. The lowest BCUT2D eigenvalue weighted by Crippen LogP contribution is -2.56. The quantitative estimate of drug-likeness (QED) is 0.380. The van der Waals surface area contributed by atoms with E-state index < -0.39 is 11.9 Å². The normalized spacial score (nSPS) is 18.4. The lowest BCUT2D eigenvalue weighted by atomic mass is 10.1. The molecule has 3 atom stereocenters. The monoisotopic (exact) mass is 546 g/mol. The number of carbonyl (C=O) groups excluding carboxylic acids is 1. The molecule has 10 heteroatoms. The van der Waals surface area contributed by atoms with Crippen LogP contribution in [-0.2, 0) is 4.79 Å². The van der Waals surface area contributed by atoms with Crippen molar-refractivity contribution in [3.63, 3.8) is 0 Å². The Morgan fingerprint density at radius 1 is 1.16 bits per heavy atom. The largest absolute Gasteiger partial charge is 0.484 e. The molecule has 4 rings (SSSR count). The molecule has 0 bridgehead atoms. The van der Waals surface area contributed by atoms with Crippen LogP contribution in [0, 0.1) is 5.82 Å². The van der Waals surface area contributed by atoms with Gasteiger partial charge in [0.25, 0.3) is 5.91 Å². The number of rotatable bonds is 7. The predicted molar refractivity (Wildman–Crippen MR) is 144 cm³/mol. The van der Waals surface area contributed by atoms with Gasteiger partial charge in [0, 0.05) is 47.5 Å². The zero-order valence-electron chi connectivity index (χ0n) is 20.8. The van der Waals surface area contributed by atoms with E-state index in [9.17, 15) is 9.18 Å². The number of nitrogens with one attached hydrogen (secondary N) is 1. The van der Waals surface area contributed by atoms with Gasteiger partial charge in [-0.25, -0.2) is 9.37 Å². The van der Waals surface area contributed by atoms with Crippen LogP contribution < -0.4 is 20.5 Å². The molecule has 0 aliphatic carbocycles. The van der Waals surface area contributed by atoms with E-state index in [1.807, 2.05) is 17.0 Å². The van der Waals surface area contributed by atoms with E-state index in [1.54, 1.807) is 31.3 Å². The molecule has 1 aromatic heterocycles. The topological polar surface area (TPSA) is 89.7 Å². The van der Waals surface area contributed by atoms with Gasteiger partial charge in [-0.3, -0.25) is 4.79 Å². The number of nitrogens with two attached hydrogens (primary N) is 1. The number of anilines is 1. The van der Waals surface area contributed by atoms with E-state index in [1.165, 1.54) is 12.1 Å². The molecule has 1 saturated heterocycles. The second kappa shape index (κ2) is 11.5. The van der Waals surface area contributed by atoms with Crippen molar-refractivity contribution in [3.8, 4) is 22.6 Å². The third-order valence-electron chi connectivity index (χ3n) is 6.13. The fourth-order valence-corrected chi connectivity index (χ4v) is 5.06. The summed E-state index contributed by atoms with van der Waals surface area (Å²) in [6, 6.07) is 12.2. The highest BCUT2D eigenvalue weighted by Gasteiger charge is 2.25. The Bertz CT molecular complexity index is 1270. The van der Waals surface area contributed by atoms with Gasteiger partial charge in [0.2, 0.25) is 0 Å². The van der Waals surface area contributed by atoms with Gasteiger partial charge in [-0.05, 0) is 56.7 Å². The van der Waals surface area contributed by atoms with Crippen LogP contribution in [0.2, 0.25) is 10.0 Å². The van der Waals surface area contributed by atoms with Gasteiger partial charge in [-0.1, -0.05) is 35.3 Å². The SMILES string of the molecule is CC(Oc1cc(-c2ccc(OCC(=O)N3C[C@@H](C)N[C@@H](C)C3)cc2)cnc1N)c1c(Cl)ccc(F)c1Cl. The third-order valence-corrected chi connectivity index (χ3v) is 6.85. The van der Waals surface area contributed by atoms with Crippen molar-refractivity contribution in [3.05, 3.63) is 70.1 Å². The molecule has 0 spiro atoms. The van der Waals surface area contributed by atoms with Crippen LogP contribution in [0.3, 0.4) is 0 Å². The van der Waals surface area contributed by atoms with Crippen molar-refractivity contribution in [1.82, 2.24) is 15.2 Å². The molecule has 1 amide bonds. The molecule has 7 nitrogen and oxygen atoms in total. The molecular formula is C27H29Cl2FN4O3. The Labute approximate surface area is 225 Å². The fourth-order valence-electron chi connectivity index (χ4n) is 4.38. The number of carbonyl (C=O) groups is 1. The van der Waals surface area contributed by atoms with Crippen LogP contribution in [-0.4, -0.2) is 47.6 Å². The summed E-state index contributed by atoms with van der Waals surface area (Å²) in [6.07, 6.45) is 0.950. The molecule has 1 aliphatic heterocycles. The second-order valence-corrected chi connectivity index (χ2v) is 9.99. The molecule has 0 saturated carbocycles. The van der Waals surface area contributed by atoms with Crippen LogP contribution in [0.15, 0.2) is 48.7 Å². The maximum atomic E-state index is 14.0. The summed E-state index contributed by atoms with van der Waals surface area (Å²) in [5, 5.41) is 3.60. The maximum absolute atomic E-state index is 14.0. The van der Waals surface area contributed by atoms with Crippen LogP contribution in [0.1, 0.15) is 32.4 Å². The van der Waals surface area contributed by atoms with Gasteiger partial charge in [-0.2, -0.15) is 0 Å². The average molecular weight is 547 g/mol. The first-order valence-electron chi connectivity index (χ1n) is 11.9. The fraction of sp³-hybridized carbons (Fsp3) is 0.333. The number of nitrogen functional groups attached to an aromatic ring is 1. The van der Waals surface area contributed by atoms with Gasteiger partial charge in [0.15, 0.2) is 18.2 Å². The number of nitrogens with zero attached hydrogens (tertiary/aromatic N) is 2. The average Bonchev–Trinajstić information content (AvgIpc) is 2.86. The van der Waals surface area contributed by atoms with E-state index in [2.05, 4.69) is 24.1 Å². The minimum atomic E-state index is -0.676. The van der Waals surface area contributed by atoms with Gasteiger partial charge >= 0.3 is 0 Å². The number of benzene rings is 2. The summed E-state index contributed by atoms with van der Waals surface area (Å²) in [5.41, 5.74) is 7.95. The van der Waals surface area contributed by atoms with E-state index in [4.69, 9.17) is 38.4 Å². The van der Waals surface area contributed by atoms with Crippen LogP contribution >= 0.6 is 23.2 Å². The van der Waals surface area contributed by atoms with E-state index in [0.717, 1.165) is 11.1 Å². The Morgan fingerprint density at radius 2 is 1.84 bits per heavy atom. The van der Waals surface area contributed by atoms with E-state index in [0.29, 0.717) is 30.2 Å². The van der Waals surface area contributed by atoms with Crippen LogP contribution in [0.25, 0.3) is 11.1 Å². The number of ether oxygens (including phenoxy) is 2. The molecule has 1 fully saturated rings. The first-order valence-corrected chi connectivity index (χ1v) is 12.7. The van der Waals surface area contributed by atoms with Crippen LogP contribution in [0.4, 0.5) is 10.2 Å². The number of amides is 1. The number of halogens is 3. The molecule has 37 heavy (non-hydrogen) atoms. The molecular weight excluding hydrogens is 518 g/mol. The van der Waals surface area contributed by atoms with Gasteiger partial charge in [-0.15, -0.1) is 0 Å². The molecule has 3 N–H and O–H groups in total. The first kappa shape index (κ1) is 27.0. The summed E-state index contributed by atoms with van der Waals surface area (Å²) >= 11 is 12.3. The summed E-state index contributed by atoms with van der Waals surface area (Å²) < 4.78 is 25.7. The summed E-state index contributed by atoms with van der Waals surface area (Å²) in [4.78, 5) is 18.6. The highest BCUT2D eigenvalue weighted by molar-refractivity contribution is 6.36. The van der Waals surface area contributed by atoms with Gasteiger partial charge < -0.3 is 25.4 Å². The smallest absolute Gasteiger partial charge is 0.260 e. The minimum Gasteiger partial charge on any atom is -0.484 e. The summed E-state index contributed by atoms with van der Waals surface area (Å²) in [7, 11) is 0. The Balaban J connectivity index is 1.43. The van der Waals surface area contributed by atoms with E-state index in [-0.39, 0.29) is 40.5 Å². The zero-order chi connectivity index (χ0) is 26.7. The predicted octanol–water partition coefficient (Wildman–Crippen LogP) is 5.50. The molecule has 2 aromatic carbocycles. The van der Waals surface area contributed by atoms with Gasteiger partial charge in [0.05, 0.1) is 5.02 Å². The van der Waals surface area contributed by atoms with Crippen molar-refractivity contribution in [1.29, 1.82) is 0 Å². The van der Waals surface area contributed by atoms with Crippen molar-refractivity contribution in [2.75, 3.05) is 25.4 Å². The molecule has 1 unspecified atom stereocenters. The standard InChI is InChI=1S/C27H29Cl2FN4O3/c1-15-12-34(13-16(2)33-15)24(35)14-36-20-6-4-18(5-7-20)19-10-23(27(31)32-11-19)37-17(3)25-21(28)8-9-22(30)26(25)29/h4-11,15-17,33H,12-14H2,1-3H3,(H2,31,32)/t15-,16+,17?. The van der Waals surface area contributed by atoms with Crippen molar-refractivity contribution in [2.45, 2.75) is 39.0 Å². The Kier molecular flexibility index (Phi) is 8.42. The minimum absolute atomic E-state index is 0.0245. The molecule has 196 valence electrons. The molecule has 2 heterocycles. The Morgan fingerprint density at radius 3 is 2.51 bits per heavy atom. The second-order valence-electron chi connectivity index (χ2n) is 9.20. The number of hydrogen-bond acceptors (Lipinski definition) is 6. The highest BCUT2D eigenvalue weighted by atomic mass is 35.5. The van der Waals surface area contributed by atoms with Crippen LogP contribution in [0.5, 0.6) is 11.5 Å². The van der Waals surface area contributed by atoms with Crippen molar-refractivity contribution in [2.24, 2.45) is 0 Å². The number of hydrogen-bond donors (Lipinski definition) is 2. The summed E-state index contributed by atoms with van der Waals surface area (Å²) in [5.74, 6) is 0.442. The molecule has 1 aliphatic rings. The third kappa shape index (κ3) is 6.44. The first-order chi connectivity index (χ1) is 17.6. The highest BCUT2D eigenvalue weighted by Crippen LogP contribution is 2.37. The number of piperazine rings is 1. The van der Waals surface area contributed by atoms with Gasteiger partial charge in [0.1, 0.15) is 17.7 Å². The lowest BCUT2D eigenvalue weighted by molar-refractivity contribution is -0.135. The van der Waals surface area contributed by atoms with Crippen molar-refractivity contribution >= 4 is 34.9 Å². The van der Waals surface area contributed by atoms with Crippen molar-refractivity contribution < 1.29 is 18.7 Å².